The Balaban J connectivity index is 1.80. The molecule has 1 atom stereocenters. The number of nitrogens with two attached hydrogens (primary N) is 1. The third-order valence-electron chi connectivity index (χ3n) is 4.68. The Morgan fingerprint density at radius 2 is 1.78 bits per heavy atom. The van der Waals surface area contributed by atoms with E-state index in [2.05, 4.69) is 15.3 Å². The number of aryl methyl sites for hydroxylation is 2. The zero-order chi connectivity index (χ0) is 19.2. The molecule has 1 amide bonds. The molecule has 1 unspecified atom stereocenters. The van der Waals surface area contributed by atoms with Gasteiger partial charge in [0.15, 0.2) is 0 Å². The summed E-state index contributed by atoms with van der Waals surface area (Å²) in [5.41, 5.74) is 12.1. The van der Waals surface area contributed by atoms with Crippen LogP contribution in [0.25, 0.3) is 0 Å². The van der Waals surface area contributed by atoms with Crippen LogP contribution >= 0.6 is 0 Å². The molecule has 2 heterocycles. The van der Waals surface area contributed by atoms with Crippen molar-refractivity contribution in [2.24, 2.45) is 5.73 Å². The van der Waals surface area contributed by atoms with Gasteiger partial charge in [0.1, 0.15) is 6.04 Å². The molecule has 0 saturated carbocycles. The number of rotatable bonds is 7. The van der Waals surface area contributed by atoms with E-state index in [0.717, 1.165) is 34.2 Å². The van der Waals surface area contributed by atoms with E-state index in [9.17, 15) is 4.79 Å². The number of pyridine rings is 2. The van der Waals surface area contributed by atoms with E-state index in [0.29, 0.717) is 6.54 Å². The molecule has 3 rings (SSSR count). The number of hydrogen-bond donors (Lipinski definition) is 2. The van der Waals surface area contributed by atoms with E-state index in [1.807, 2.05) is 56.4 Å². The highest BCUT2D eigenvalue weighted by atomic mass is 16.1. The molecular formula is C22H24N4O. The van der Waals surface area contributed by atoms with E-state index < -0.39 is 6.04 Å². The summed E-state index contributed by atoms with van der Waals surface area (Å²) in [5.74, 6) is -0.381. The van der Waals surface area contributed by atoms with Crippen LogP contribution in [0.2, 0.25) is 0 Å². The minimum atomic E-state index is -0.535. The topological polar surface area (TPSA) is 80.9 Å². The lowest BCUT2D eigenvalue weighted by Crippen LogP contribution is -2.34. The fourth-order valence-electron chi connectivity index (χ4n) is 3.15. The van der Waals surface area contributed by atoms with Crippen molar-refractivity contribution in [1.82, 2.24) is 15.3 Å². The normalized spacial score (nSPS) is 11.9. The van der Waals surface area contributed by atoms with Crippen LogP contribution in [0.15, 0.2) is 61.2 Å². The molecule has 3 aromatic rings. The number of nitrogens with zero attached hydrogens (tertiary/aromatic N) is 2. The molecule has 0 aliphatic carbocycles. The summed E-state index contributed by atoms with van der Waals surface area (Å²) in [6, 6.07) is 11.5. The third kappa shape index (κ3) is 4.77. The predicted molar refractivity (Wildman–Crippen MR) is 106 cm³/mol. The summed E-state index contributed by atoms with van der Waals surface area (Å²) in [4.78, 5) is 20.4. The first-order chi connectivity index (χ1) is 13.0. The average molecular weight is 360 g/mol. The first-order valence-corrected chi connectivity index (χ1v) is 8.95. The first kappa shape index (κ1) is 18.7. The van der Waals surface area contributed by atoms with Crippen LogP contribution in [-0.2, 0) is 17.8 Å². The van der Waals surface area contributed by atoms with Gasteiger partial charge in [-0.15, -0.1) is 0 Å². The van der Waals surface area contributed by atoms with Gasteiger partial charge >= 0.3 is 0 Å². The maximum absolute atomic E-state index is 12.1. The van der Waals surface area contributed by atoms with Crippen molar-refractivity contribution in [3.05, 3.63) is 94.6 Å². The van der Waals surface area contributed by atoms with Crippen molar-refractivity contribution in [2.75, 3.05) is 0 Å². The van der Waals surface area contributed by atoms with Crippen LogP contribution in [0.4, 0.5) is 0 Å². The highest BCUT2D eigenvalue weighted by molar-refractivity contribution is 5.82. The van der Waals surface area contributed by atoms with E-state index in [1.165, 1.54) is 5.56 Å². The smallest absolute Gasteiger partial charge is 0.239 e. The van der Waals surface area contributed by atoms with E-state index in [4.69, 9.17) is 5.73 Å². The number of carbonyl (C=O) groups is 1. The maximum Gasteiger partial charge on any atom is 0.239 e. The van der Waals surface area contributed by atoms with Gasteiger partial charge in [0, 0.05) is 31.3 Å². The van der Waals surface area contributed by atoms with Crippen LogP contribution in [0.1, 0.15) is 39.4 Å². The van der Waals surface area contributed by atoms with Gasteiger partial charge in [-0.25, -0.2) is 0 Å². The lowest BCUT2D eigenvalue weighted by Gasteiger charge is -2.19. The highest BCUT2D eigenvalue weighted by Crippen LogP contribution is 2.21. The van der Waals surface area contributed by atoms with Crippen molar-refractivity contribution in [1.29, 1.82) is 0 Å². The van der Waals surface area contributed by atoms with Gasteiger partial charge in [-0.3, -0.25) is 20.1 Å². The summed E-state index contributed by atoms with van der Waals surface area (Å²) in [7, 11) is 0. The van der Waals surface area contributed by atoms with Gasteiger partial charge < -0.3 is 5.73 Å². The molecule has 138 valence electrons. The maximum atomic E-state index is 12.1. The van der Waals surface area contributed by atoms with Gasteiger partial charge in [-0.1, -0.05) is 23.8 Å². The molecule has 27 heavy (non-hydrogen) atoms. The summed E-state index contributed by atoms with van der Waals surface area (Å²) >= 11 is 0. The highest BCUT2D eigenvalue weighted by Gasteiger charge is 2.20. The molecule has 3 N–H and O–H groups in total. The van der Waals surface area contributed by atoms with Crippen molar-refractivity contribution >= 4 is 5.91 Å². The molecule has 0 saturated heterocycles. The largest absolute Gasteiger partial charge is 0.368 e. The molecule has 1 aromatic carbocycles. The molecule has 5 nitrogen and oxygen atoms in total. The van der Waals surface area contributed by atoms with Crippen LogP contribution < -0.4 is 11.1 Å². The number of hydrogen-bond acceptors (Lipinski definition) is 4. The minimum Gasteiger partial charge on any atom is -0.368 e. The Bertz CT molecular complexity index is 925. The van der Waals surface area contributed by atoms with Crippen LogP contribution in [0, 0.1) is 13.8 Å². The molecule has 0 aliphatic rings. The van der Waals surface area contributed by atoms with Gasteiger partial charge in [0.05, 0.1) is 0 Å². The van der Waals surface area contributed by atoms with Crippen molar-refractivity contribution in [2.45, 2.75) is 32.9 Å². The van der Waals surface area contributed by atoms with Crippen molar-refractivity contribution in [3.63, 3.8) is 0 Å². The lowest BCUT2D eigenvalue weighted by atomic mass is 9.97. The average Bonchev–Trinajstić information content (AvgIpc) is 2.66. The second-order valence-corrected chi connectivity index (χ2v) is 6.75. The van der Waals surface area contributed by atoms with E-state index >= 15 is 0 Å². The zero-order valence-electron chi connectivity index (χ0n) is 15.6. The van der Waals surface area contributed by atoms with Gasteiger partial charge in [-0.05, 0) is 66.3 Å². The fraction of sp³-hybridized carbons (Fsp3) is 0.227. The van der Waals surface area contributed by atoms with E-state index in [-0.39, 0.29) is 5.91 Å². The fourth-order valence-corrected chi connectivity index (χ4v) is 3.15. The summed E-state index contributed by atoms with van der Waals surface area (Å²) in [6.45, 7) is 4.54. The Hall–Kier alpha value is -3.05. The number of primary amides is 1. The van der Waals surface area contributed by atoms with Crippen LogP contribution in [0.3, 0.4) is 0 Å². The third-order valence-corrected chi connectivity index (χ3v) is 4.68. The van der Waals surface area contributed by atoms with Crippen molar-refractivity contribution in [3.8, 4) is 0 Å². The van der Waals surface area contributed by atoms with Crippen molar-refractivity contribution < 1.29 is 4.79 Å². The monoisotopic (exact) mass is 360 g/mol. The molecular weight excluding hydrogens is 336 g/mol. The number of benzene rings is 1. The number of amides is 1. The van der Waals surface area contributed by atoms with Gasteiger partial charge in [-0.2, -0.15) is 0 Å². The van der Waals surface area contributed by atoms with Gasteiger partial charge in [0.2, 0.25) is 5.91 Å². The number of carbonyl (C=O) groups excluding carboxylic acids is 1. The predicted octanol–water partition coefficient (Wildman–Crippen LogP) is 3.00. The Morgan fingerprint density at radius 1 is 1.04 bits per heavy atom. The van der Waals surface area contributed by atoms with Gasteiger partial charge in [0.25, 0.3) is 0 Å². The summed E-state index contributed by atoms with van der Waals surface area (Å²) in [6.07, 6.45) is 7.97. The molecule has 0 bridgehead atoms. The summed E-state index contributed by atoms with van der Waals surface area (Å²) in [5, 5.41) is 3.33. The first-order valence-electron chi connectivity index (χ1n) is 8.95. The standard InChI is InChI=1S/C22H24N4O/c1-15-3-4-16(2)20(11-15)21(22(23)27)26-14-18-7-10-25-13-19(18)12-17-5-8-24-9-6-17/h3-11,13,21,26H,12,14H2,1-2H3,(H2,23,27). The minimum absolute atomic E-state index is 0.381. The lowest BCUT2D eigenvalue weighted by molar-refractivity contribution is -0.120. The molecule has 0 spiro atoms. The Kier molecular flexibility index (Phi) is 5.94. The molecule has 0 fully saturated rings. The Labute approximate surface area is 159 Å². The molecule has 0 radical (unpaired) electrons. The molecule has 5 heteroatoms. The molecule has 0 aliphatic heterocycles. The SMILES string of the molecule is Cc1ccc(C)c(C(NCc2ccncc2Cc2ccncc2)C(N)=O)c1. The second-order valence-electron chi connectivity index (χ2n) is 6.75. The quantitative estimate of drug-likeness (QED) is 0.679. The summed E-state index contributed by atoms with van der Waals surface area (Å²) < 4.78 is 0. The number of aromatic nitrogens is 2. The van der Waals surface area contributed by atoms with Crippen LogP contribution in [-0.4, -0.2) is 15.9 Å². The van der Waals surface area contributed by atoms with Crippen LogP contribution in [0.5, 0.6) is 0 Å². The number of nitrogens with one attached hydrogen (secondary N) is 1. The van der Waals surface area contributed by atoms with E-state index in [1.54, 1.807) is 18.6 Å². The molecule has 2 aromatic heterocycles. The Morgan fingerprint density at radius 3 is 2.52 bits per heavy atom. The zero-order valence-corrected chi connectivity index (χ0v) is 15.6. The second kappa shape index (κ2) is 8.56.